The van der Waals surface area contributed by atoms with Gasteiger partial charge in [0.25, 0.3) is 0 Å². The van der Waals surface area contributed by atoms with Crippen LogP contribution in [-0.2, 0) is 6.42 Å². The van der Waals surface area contributed by atoms with E-state index in [1.807, 2.05) is 13.0 Å². The molecule has 0 saturated heterocycles. The van der Waals surface area contributed by atoms with Crippen molar-refractivity contribution in [2.75, 3.05) is 0 Å². The van der Waals surface area contributed by atoms with Gasteiger partial charge >= 0.3 is 12.3 Å². The Kier molecular flexibility index (Phi) is 4.93. The van der Waals surface area contributed by atoms with Gasteiger partial charge in [-0.2, -0.15) is 0 Å². The summed E-state index contributed by atoms with van der Waals surface area (Å²) in [6.07, 6.45) is -4.12. The minimum atomic E-state index is -4.86. The van der Waals surface area contributed by atoms with Crippen molar-refractivity contribution in [3.05, 3.63) is 59.2 Å². The fourth-order valence-electron chi connectivity index (χ4n) is 2.19. The number of rotatable bonds is 4. The van der Waals surface area contributed by atoms with Gasteiger partial charge in [-0.25, -0.2) is 4.79 Å². The Hall–Kier alpha value is -2.50. The summed E-state index contributed by atoms with van der Waals surface area (Å²) in [5.74, 6) is -1.56. The molecule has 0 fully saturated rings. The SMILES string of the molecule is CCc1cccc(C(=O)Oc2ccccc2OC(F)(F)F)c1C. The van der Waals surface area contributed by atoms with Crippen LogP contribution >= 0.6 is 0 Å². The van der Waals surface area contributed by atoms with Crippen LogP contribution in [0.4, 0.5) is 13.2 Å². The Morgan fingerprint density at radius 1 is 1.04 bits per heavy atom. The molecule has 0 atom stereocenters. The number of carbonyl (C=O) groups is 1. The molecule has 6 heteroatoms. The largest absolute Gasteiger partial charge is 0.573 e. The highest BCUT2D eigenvalue weighted by Gasteiger charge is 2.32. The molecular formula is C17H15F3O3. The molecule has 2 aromatic carbocycles. The fraction of sp³-hybridized carbons (Fsp3) is 0.235. The Bertz CT molecular complexity index is 708. The lowest BCUT2D eigenvalue weighted by Gasteiger charge is -2.14. The molecule has 3 nitrogen and oxygen atoms in total. The van der Waals surface area contributed by atoms with Crippen LogP contribution in [0.3, 0.4) is 0 Å². The van der Waals surface area contributed by atoms with E-state index in [9.17, 15) is 18.0 Å². The summed E-state index contributed by atoms with van der Waals surface area (Å²) in [5.41, 5.74) is 2.03. The lowest BCUT2D eigenvalue weighted by Crippen LogP contribution is -2.18. The zero-order valence-electron chi connectivity index (χ0n) is 12.6. The van der Waals surface area contributed by atoms with Crippen molar-refractivity contribution >= 4 is 5.97 Å². The maximum Gasteiger partial charge on any atom is 0.573 e. The second kappa shape index (κ2) is 6.73. The van der Waals surface area contributed by atoms with E-state index in [1.54, 1.807) is 19.1 Å². The van der Waals surface area contributed by atoms with Crippen LogP contribution in [0.2, 0.25) is 0 Å². The van der Waals surface area contributed by atoms with Crippen molar-refractivity contribution in [3.63, 3.8) is 0 Å². The van der Waals surface area contributed by atoms with Gasteiger partial charge in [-0.3, -0.25) is 0 Å². The number of alkyl halides is 3. The molecule has 122 valence electrons. The van der Waals surface area contributed by atoms with Crippen molar-refractivity contribution in [1.29, 1.82) is 0 Å². The van der Waals surface area contributed by atoms with E-state index in [0.717, 1.165) is 23.6 Å². The molecule has 2 rings (SSSR count). The summed E-state index contributed by atoms with van der Waals surface area (Å²) < 4.78 is 46.1. The highest BCUT2D eigenvalue weighted by Crippen LogP contribution is 2.32. The summed E-state index contributed by atoms with van der Waals surface area (Å²) in [7, 11) is 0. The number of hydrogen-bond acceptors (Lipinski definition) is 3. The molecule has 23 heavy (non-hydrogen) atoms. The number of halogens is 3. The van der Waals surface area contributed by atoms with E-state index in [2.05, 4.69) is 4.74 Å². The molecule has 0 N–H and O–H groups in total. The van der Waals surface area contributed by atoms with Crippen molar-refractivity contribution in [2.24, 2.45) is 0 Å². The summed E-state index contributed by atoms with van der Waals surface area (Å²) in [4.78, 5) is 12.3. The van der Waals surface area contributed by atoms with Gasteiger partial charge in [-0.05, 0) is 42.7 Å². The normalized spacial score (nSPS) is 11.2. The number of carbonyl (C=O) groups excluding carboxylic acids is 1. The highest BCUT2D eigenvalue weighted by molar-refractivity contribution is 5.93. The lowest BCUT2D eigenvalue weighted by atomic mass is 10.0. The topological polar surface area (TPSA) is 35.5 Å². The van der Waals surface area contributed by atoms with Gasteiger partial charge in [0.15, 0.2) is 11.5 Å². The van der Waals surface area contributed by atoms with Gasteiger partial charge in [0, 0.05) is 0 Å². The van der Waals surface area contributed by atoms with Gasteiger partial charge in [0.1, 0.15) is 0 Å². The first kappa shape index (κ1) is 16.9. The fourth-order valence-corrected chi connectivity index (χ4v) is 2.19. The zero-order valence-corrected chi connectivity index (χ0v) is 12.6. The summed E-state index contributed by atoms with van der Waals surface area (Å²) >= 11 is 0. The van der Waals surface area contributed by atoms with E-state index in [0.29, 0.717) is 5.56 Å². The van der Waals surface area contributed by atoms with Gasteiger partial charge in [0.2, 0.25) is 0 Å². The van der Waals surface area contributed by atoms with Crippen molar-refractivity contribution in [2.45, 2.75) is 26.6 Å². The molecule has 0 heterocycles. The van der Waals surface area contributed by atoms with E-state index in [-0.39, 0.29) is 5.75 Å². The summed E-state index contributed by atoms with van der Waals surface area (Å²) in [5, 5.41) is 0. The predicted molar refractivity (Wildman–Crippen MR) is 78.6 cm³/mol. The molecule has 0 amide bonds. The van der Waals surface area contributed by atoms with Crippen LogP contribution < -0.4 is 9.47 Å². The first-order chi connectivity index (χ1) is 10.8. The molecule has 0 aliphatic carbocycles. The second-order valence-corrected chi connectivity index (χ2v) is 4.83. The minimum Gasteiger partial charge on any atom is -0.419 e. The maximum absolute atomic E-state index is 12.4. The third-order valence-corrected chi connectivity index (χ3v) is 3.32. The number of aryl methyl sites for hydroxylation is 1. The molecule has 0 aromatic heterocycles. The monoisotopic (exact) mass is 324 g/mol. The van der Waals surface area contributed by atoms with Crippen molar-refractivity contribution in [3.8, 4) is 11.5 Å². The van der Waals surface area contributed by atoms with Crippen LogP contribution in [0, 0.1) is 6.92 Å². The first-order valence-electron chi connectivity index (χ1n) is 6.97. The van der Waals surface area contributed by atoms with E-state index in [1.165, 1.54) is 18.2 Å². The predicted octanol–water partition coefficient (Wildman–Crippen LogP) is 4.68. The second-order valence-electron chi connectivity index (χ2n) is 4.83. The third-order valence-electron chi connectivity index (χ3n) is 3.32. The number of esters is 1. The van der Waals surface area contributed by atoms with Crippen LogP contribution in [0.5, 0.6) is 11.5 Å². The zero-order chi connectivity index (χ0) is 17.0. The average Bonchev–Trinajstić information content (AvgIpc) is 2.48. The third kappa shape index (κ3) is 4.25. The smallest absolute Gasteiger partial charge is 0.419 e. The van der Waals surface area contributed by atoms with E-state index < -0.39 is 18.1 Å². The maximum atomic E-state index is 12.4. The molecule has 0 aliphatic heterocycles. The first-order valence-corrected chi connectivity index (χ1v) is 6.97. The number of benzene rings is 2. The van der Waals surface area contributed by atoms with Gasteiger partial charge in [0.05, 0.1) is 5.56 Å². The van der Waals surface area contributed by atoms with Crippen LogP contribution in [0.25, 0.3) is 0 Å². The number of ether oxygens (including phenoxy) is 2. The van der Waals surface area contributed by atoms with Gasteiger partial charge < -0.3 is 9.47 Å². The Morgan fingerprint density at radius 3 is 2.30 bits per heavy atom. The Balaban J connectivity index is 2.28. The lowest BCUT2D eigenvalue weighted by molar-refractivity contribution is -0.275. The quantitative estimate of drug-likeness (QED) is 0.605. The number of hydrogen-bond donors (Lipinski definition) is 0. The van der Waals surface area contributed by atoms with Gasteiger partial charge in [-0.1, -0.05) is 31.2 Å². The summed E-state index contributed by atoms with van der Waals surface area (Å²) in [6.45, 7) is 3.72. The summed E-state index contributed by atoms with van der Waals surface area (Å²) in [6, 6.07) is 10.3. The molecular weight excluding hydrogens is 309 g/mol. The molecule has 0 bridgehead atoms. The van der Waals surface area contributed by atoms with Crippen LogP contribution in [0.15, 0.2) is 42.5 Å². The molecule has 0 unspecified atom stereocenters. The Labute approximate surface area is 131 Å². The molecule has 2 aromatic rings. The minimum absolute atomic E-state index is 0.281. The average molecular weight is 324 g/mol. The van der Waals surface area contributed by atoms with E-state index >= 15 is 0 Å². The standard InChI is InChI=1S/C17H15F3O3/c1-3-12-7-6-8-13(11(12)2)16(21)22-14-9-4-5-10-15(14)23-17(18,19)20/h4-10H,3H2,1-2H3. The molecule has 0 radical (unpaired) electrons. The Morgan fingerprint density at radius 2 is 1.70 bits per heavy atom. The van der Waals surface area contributed by atoms with Crippen LogP contribution in [-0.4, -0.2) is 12.3 Å². The van der Waals surface area contributed by atoms with Crippen molar-refractivity contribution < 1.29 is 27.4 Å². The van der Waals surface area contributed by atoms with Crippen molar-refractivity contribution in [1.82, 2.24) is 0 Å². The molecule has 0 saturated carbocycles. The highest BCUT2D eigenvalue weighted by atomic mass is 19.4. The molecule has 0 aliphatic rings. The molecule has 0 spiro atoms. The number of para-hydroxylation sites is 2. The van der Waals surface area contributed by atoms with Gasteiger partial charge in [-0.15, -0.1) is 13.2 Å². The van der Waals surface area contributed by atoms with E-state index in [4.69, 9.17) is 4.74 Å². The van der Waals surface area contributed by atoms with Crippen LogP contribution in [0.1, 0.15) is 28.4 Å².